The van der Waals surface area contributed by atoms with Crippen molar-refractivity contribution in [2.75, 3.05) is 7.05 Å². The minimum absolute atomic E-state index is 0.0212. The van der Waals surface area contributed by atoms with Gasteiger partial charge in [-0.3, -0.25) is 14.6 Å². The van der Waals surface area contributed by atoms with Crippen molar-refractivity contribution in [3.05, 3.63) is 53.2 Å². The van der Waals surface area contributed by atoms with Crippen molar-refractivity contribution < 1.29 is 14.7 Å². The van der Waals surface area contributed by atoms with Crippen molar-refractivity contribution >= 4 is 29.1 Å². The van der Waals surface area contributed by atoms with Gasteiger partial charge in [-0.05, 0) is 43.2 Å². The Hall–Kier alpha value is -3.11. The van der Waals surface area contributed by atoms with Gasteiger partial charge >= 0.3 is 0 Å². The van der Waals surface area contributed by atoms with Crippen molar-refractivity contribution in [2.45, 2.75) is 32.7 Å². The van der Waals surface area contributed by atoms with Crippen LogP contribution >= 0.6 is 11.6 Å². The lowest BCUT2D eigenvalue weighted by Gasteiger charge is -2.27. The van der Waals surface area contributed by atoms with Crippen LogP contribution in [0.1, 0.15) is 26.3 Å². The second kappa shape index (κ2) is 10.4. The quantitative estimate of drug-likeness (QED) is 0.446. The number of phenols is 1. The van der Waals surface area contributed by atoms with Crippen LogP contribution in [-0.2, 0) is 16.0 Å². The highest BCUT2D eigenvalue weighted by atomic mass is 35.5. The summed E-state index contributed by atoms with van der Waals surface area (Å²) in [7, 11) is 1.43. The molecule has 1 unspecified atom stereocenters. The Morgan fingerprint density at radius 1 is 1.45 bits per heavy atom. The van der Waals surface area contributed by atoms with E-state index in [1.54, 1.807) is 6.92 Å². The van der Waals surface area contributed by atoms with Crippen molar-refractivity contribution in [3.8, 4) is 11.8 Å². The monoisotopic (exact) mass is 416 g/mol. The lowest BCUT2D eigenvalue weighted by molar-refractivity contribution is -0.119. The molecule has 1 aromatic carbocycles. The van der Waals surface area contributed by atoms with Gasteiger partial charge < -0.3 is 15.7 Å². The normalized spacial score (nSPS) is 14.0. The molecule has 1 aromatic rings. The molecular weight excluding hydrogens is 392 g/mol. The molecule has 0 aromatic heterocycles. The van der Waals surface area contributed by atoms with E-state index in [9.17, 15) is 20.0 Å². The molecule has 29 heavy (non-hydrogen) atoms. The van der Waals surface area contributed by atoms with Crippen LogP contribution in [0.25, 0.3) is 0 Å². The van der Waals surface area contributed by atoms with E-state index in [2.05, 4.69) is 28.3 Å². The molecule has 0 saturated carbocycles. The molecule has 0 aliphatic heterocycles. The smallest absolute Gasteiger partial charge is 0.270 e. The standard InChI is InChI=1S/C21H25ClN4O3/c1-6-16(25-19(28)10-14-9-15(22)7-8-18(14)27)11-17(24-5)20(29)26-21(4,12-23)13(2)3/h6-9,11,13,27H,1,10H2,2-5H3,(H,25,28)(H,26,29)/b16-11+,24-17?. The number of carbonyl (C=O) groups is 2. The van der Waals surface area contributed by atoms with E-state index in [4.69, 9.17) is 11.6 Å². The zero-order valence-electron chi connectivity index (χ0n) is 16.9. The summed E-state index contributed by atoms with van der Waals surface area (Å²) in [5.41, 5.74) is -0.437. The van der Waals surface area contributed by atoms with Crippen LogP contribution in [0.3, 0.4) is 0 Å². The van der Waals surface area contributed by atoms with Crippen molar-refractivity contribution in [2.24, 2.45) is 10.9 Å². The number of nitriles is 1. The van der Waals surface area contributed by atoms with Gasteiger partial charge in [0.25, 0.3) is 5.91 Å². The zero-order valence-corrected chi connectivity index (χ0v) is 17.7. The zero-order chi connectivity index (χ0) is 22.2. The Morgan fingerprint density at radius 3 is 2.62 bits per heavy atom. The minimum atomic E-state index is -1.07. The average Bonchev–Trinajstić information content (AvgIpc) is 2.67. The lowest BCUT2D eigenvalue weighted by atomic mass is 9.90. The second-order valence-corrected chi connectivity index (χ2v) is 7.27. The van der Waals surface area contributed by atoms with E-state index in [-0.39, 0.29) is 29.5 Å². The van der Waals surface area contributed by atoms with Crippen molar-refractivity contribution in [1.29, 1.82) is 5.26 Å². The summed E-state index contributed by atoms with van der Waals surface area (Å²) in [5, 5.41) is 24.9. The van der Waals surface area contributed by atoms with Gasteiger partial charge in [-0.25, -0.2) is 0 Å². The first-order chi connectivity index (χ1) is 13.6. The van der Waals surface area contributed by atoms with E-state index < -0.39 is 17.4 Å². The molecule has 8 heteroatoms. The molecule has 0 spiro atoms. The third kappa shape index (κ3) is 6.77. The number of carbonyl (C=O) groups excluding carboxylic acids is 2. The summed E-state index contributed by atoms with van der Waals surface area (Å²) in [6, 6.07) is 6.51. The number of hydrogen-bond donors (Lipinski definition) is 3. The fraction of sp³-hybridized carbons (Fsp3) is 0.333. The Balaban J connectivity index is 2.95. The first kappa shape index (κ1) is 23.9. The number of hydrogen-bond acceptors (Lipinski definition) is 5. The number of nitrogens with zero attached hydrogens (tertiary/aromatic N) is 2. The predicted molar refractivity (Wildman–Crippen MR) is 114 cm³/mol. The largest absolute Gasteiger partial charge is 0.508 e. The number of aliphatic imine (C=N–C) groups is 1. The molecule has 154 valence electrons. The molecule has 7 nitrogen and oxygen atoms in total. The van der Waals surface area contributed by atoms with Gasteiger partial charge in [-0.15, -0.1) is 0 Å². The Kier molecular flexibility index (Phi) is 8.61. The number of phenolic OH excluding ortho intramolecular Hbond substituents is 1. The van der Waals surface area contributed by atoms with Crippen molar-refractivity contribution in [3.63, 3.8) is 0 Å². The van der Waals surface area contributed by atoms with Crippen LogP contribution in [-0.4, -0.2) is 35.2 Å². The summed E-state index contributed by atoms with van der Waals surface area (Å²) in [5.74, 6) is -1.16. The maximum atomic E-state index is 12.5. The molecule has 0 fully saturated rings. The number of allylic oxidation sites excluding steroid dienone is 1. The highest BCUT2D eigenvalue weighted by molar-refractivity contribution is 6.43. The van der Waals surface area contributed by atoms with E-state index in [0.29, 0.717) is 10.6 Å². The molecule has 1 atom stereocenters. The van der Waals surface area contributed by atoms with Gasteiger partial charge in [-0.1, -0.05) is 32.0 Å². The van der Waals surface area contributed by atoms with Gasteiger partial charge in [0, 0.05) is 23.3 Å². The van der Waals surface area contributed by atoms with Crippen LogP contribution in [0.4, 0.5) is 0 Å². The topological polar surface area (TPSA) is 115 Å². The molecule has 0 heterocycles. The molecule has 0 saturated heterocycles. The molecule has 2 amide bonds. The van der Waals surface area contributed by atoms with Crippen LogP contribution in [0.2, 0.25) is 5.02 Å². The fourth-order valence-electron chi connectivity index (χ4n) is 2.20. The lowest BCUT2D eigenvalue weighted by Crippen LogP contribution is -2.51. The molecule has 1 rings (SSSR count). The predicted octanol–water partition coefficient (Wildman–Crippen LogP) is 2.90. The van der Waals surface area contributed by atoms with Gasteiger partial charge in [0.2, 0.25) is 5.91 Å². The van der Waals surface area contributed by atoms with Crippen LogP contribution in [0.15, 0.2) is 47.6 Å². The summed E-state index contributed by atoms with van der Waals surface area (Å²) < 4.78 is 0. The van der Waals surface area contributed by atoms with E-state index in [1.165, 1.54) is 37.4 Å². The van der Waals surface area contributed by atoms with E-state index in [0.717, 1.165) is 0 Å². The second-order valence-electron chi connectivity index (χ2n) is 6.83. The summed E-state index contributed by atoms with van der Waals surface area (Å²) in [6.07, 6.45) is 2.60. The SMILES string of the molecule is C=C/C(=C\C(=NC)C(=O)NC(C)(C#N)C(C)C)NC(=O)Cc1cc(Cl)ccc1O. The van der Waals surface area contributed by atoms with Crippen LogP contribution in [0, 0.1) is 17.2 Å². The minimum Gasteiger partial charge on any atom is -0.508 e. The Bertz CT molecular complexity index is 900. The van der Waals surface area contributed by atoms with Gasteiger partial charge in [0.1, 0.15) is 17.0 Å². The third-order valence-corrected chi connectivity index (χ3v) is 4.66. The number of amides is 2. The number of nitrogens with one attached hydrogen (secondary N) is 2. The highest BCUT2D eigenvalue weighted by Crippen LogP contribution is 2.22. The number of aromatic hydroxyl groups is 1. The first-order valence-electron chi connectivity index (χ1n) is 8.88. The Morgan fingerprint density at radius 2 is 2.10 bits per heavy atom. The molecule has 0 aliphatic carbocycles. The van der Waals surface area contributed by atoms with Crippen LogP contribution in [0.5, 0.6) is 5.75 Å². The summed E-state index contributed by atoms with van der Waals surface area (Å²) >= 11 is 5.89. The molecule has 0 bridgehead atoms. The van der Waals surface area contributed by atoms with E-state index in [1.807, 2.05) is 13.8 Å². The number of rotatable bonds is 8. The fourth-order valence-corrected chi connectivity index (χ4v) is 2.39. The maximum absolute atomic E-state index is 12.5. The summed E-state index contributed by atoms with van der Waals surface area (Å²) in [6.45, 7) is 8.90. The summed E-state index contributed by atoms with van der Waals surface area (Å²) in [4.78, 5) is 28.8. The molecular formula is C21H25ClN4O3. The first-order valence-corrected chi connectivity index (χ1v) is 9.26. The number of halogens is 1. The van der Waals surface area contributed by atoms with Crippen LogP contribution < -0.4 is 10.6 Å². The van der Waals surface area contributed by atoms with Gasteiger partial charge in [0.05, 0.1) is 12.5 Å². The maximum Gasteiger partial charge on any atom is 0.270 e. The highest BCUT2D eigenvalue weighted by Gasteiger charge is 2.31. The Labute approximate surface area is 175 Å². The van der Waals surface area contributed by atoms with Gasteiger partial charge in [0.15, 0.2) is 0 Å². The number of benzene rings is 1. The average molecular weight is 417 g/mol. The third-order valence-electron chi connectivity index (χ3n) is 4.42. The van der Waals surface area contributed by atoms with E-state index >= 15 is 0 Å². The molecule has 0 radical (unpaired) electrons. The van der Waals surface area contributed by atoms with Gasteiger partial charge in [-0.2, -0.15) is 5.26 Å². The molecule has 3 N–H and O–H groups in total. The van der Waals surface area contributed by atoms with Crippen molar-refractivity contribution in [1.82, 2.24) is 10.6 Å². The molecule has 0 aliphatic rings.